The number of pyridine rings is 1. The molecule has 23 heavy (non-hydrogen) atoms. The highest BCUT2D eigenvalue weighted by molar-refractivity contribution is 6.11. The Morgan fingerprint density at radius 1 is 1.13 bits per heavy atom. The molecular formula is C17H16N4O2. The number of carbonyl (C=O) groups excluding carboxylic acids is 1. The fraction of sp³-hybridized carbons (Fsp3) is 0.176. The highest BCUT2D eigenvalue weighted by atomic mass is 16.2. The Kier molecular flexibility index (Phi) is 3.89. The minimum absolute atomic E-state index is 0.142. The van der Waals surface area contributed by atoms with E-state index in [1.807, 2.05) is 13.8 Å². The molecule has 1 N–H and O–H groups in total. The summed E-state index contributed by atoms with van der Waals surface area (Å²) in [5.41, 5.74) is 0.594. The average molecular weight is 308 g/mol. The molecule has 0 aliphatic carbocycles. The van der Waals surface area contributed by atoms with Crippen molar-refractivity contribution in [3.63, 3.8) is 0 Å². The van der Waals surface area contributed by atoms with Gasteiger partial charge in [-0.3, -0.25) is 14.6 Å². The molecule has 3 rings (SSSR count). The number of carbonyl (C=O) groups is 1. The van der Waals surface area contributed by atoms with E-state index in [9.17, 15) is 9.59 Å². The van der Waals surface area contributed by atoms with Gasteiger partial charge in [0.25, 0.3) is 11.5 Å². The maximum atomic E-state index is 12.6. The van der Waals surface area contributed by atoms with E-state index in [0.29, 0.717) is 16.5 Å². The molecule has 1 aromatic carbocycles. The number of aromatic nitrogens is 3. The Labute approximate surface area is 132 Å². The van der Waals surface area contributed by atoms with Gasteiger partial charge in [0, 0.05) is 11.6 Å². The minimum atomic E-state index is -0.372. The molecule has 0 fully saturated rings. The van der Waals surface area contributed by atoms with Gasteiger partial charge >= 0.3 is 0 Å². The fourth-order valence-corrected chi connectivity index (χ4v) is 2.35. The number of nitrogens with one attached hydrogen (secondary N) is 1. The third kappa shape index (κ3) is 2.83. The Morgan fingerprint density at radius 3 is 2.52 bits per heavy atom. The second-order valence-electron chi connectivity index (χ2n) is 5.43. The first-order chi connectivity index (χ1) is 11.1. The van der Waals surface area contributed by atoms with Gasteiger partial charge in [-0.25, -0.2) is 4.68 Å². The molecule has 116 valence electrons. The van der Waals surface area contributed by atoms with E-state index < -0.39 is 0 Å². The van der Waals surface area contributed by atoms with Crippen LogP contribution in [0.25, 0.3) is 10.8 Å². The van der Waals surface area contributed by atoms with Gasteiger partial charge in [-0.2, -0.15) is 5.10 Å². The van der Waals surface area contributed by atoms with E-state index in [4.69, 9.17) is 0 Å². The summed E-state index contributed by atoms with van der Waals surface area (Å²) in [4.78, 5) is 29.0. The molecule has 0 aliphatic heterocycles. The average Bonchev–Trinajstić information content (AvgIpc) is 2.56. The van der Waals surface area contributed by atoms with Crippen molar-refractivity contribution in [1.29, 1.82) is 0 Å². The lowest BCUT2D eigenvalue weighted by Crippen LogP contribution is -2.28. The SMILES string of the molecule is CC(C)n1nc(C(=O)Nc2cccnc2)c2ccccc2c1=O. The molecule has 6 nitrogen and oxygen atoms in total. The van der Waals surface area contributed by atoms with Crippen LogP contribution in [0.5, 0.6) is 0 Å². The number of hydrogen-bond donors (Lipinski definition) is 1. The van der Waals surface area contributed by atoms with Crippen molar-refractivity contribution >= 4 is 22.4 Å². The maximum Gasteiger partial charge on any atom is 0.276 e. The van der Waals surface area contributed by atoms with Crippen molar-refractivity contribution < 1.29 is 4.79 Å². The van der Waals surface area contributed by atoms with Crippen LogP contribution in [0.15, 0.2) is 53.6 Å². The van der Waals surface area contributed by atoms with Crippen molar-refractivity contribution in [1.82, 2.24) is 14.8 Å². The highest BCUT2D eigenvalue weighted by Crippen LogP contribution is 2.16. The maximum absolute atomic E-state index is 12.6. The highest BCUT2D eigenvalue weighted by Gasteiger charge is 2.17. The Hall–Kier alpha value is -3.02. The van der Waals surface area contributed by atoms with Gasteiger partial charge in [-0.05, 0) is 32.0 Å². The summed E-state index contributed by atoms with van der Waals surface area (Å²) in [7, 11) is 0. The monoisotopic (exact) mass is 308 g/mol. The fourth-order valence-electron chi connectivity index (χ4n) is 2.35. The number of amides is 1. The normalized spacial score (nSPS) is 10.9. The zero-order chi connectivity index (χ0) is 16.4. The molecule has 6 heteroatoms. The van der Waals surface area contributed by atoms with E-state index in [1.54, 1.807) is 48.8 Å². The second-order valence-corrected chi connectivity index (χ2v) is 5.43. The van der Waals surface area contributed by atoms with Crippen LogP contribution in [-0.2, 0) is 0 Å². The van der Waals surface area contributed by atoms with Crippen LogP contribution < -0.4 is 10.9 Å². The van der Waals surface area contributed by atoms with Gasteiger partial charge in [-0.1, -0.05) is 18.2 Å². The lowest BCUT2D eigenvalue weighted by atomic mass is 10.1. The number of benzene rings is 1. The molecule has 1 amide bonds. The van der Waals surface area contributed by atoms with E-state index in [1.165, 1.54) is 4.68 Å². The summed E-state index contributed by atoms with van der Waals surface area (Å²) < 4.78 is 1.33. The Morgan fingerprint density at radius 2 is 1.87 bits per heavy atom. The molecule has 3 aromatic rings. The van der Waals surface area contributed by atoms with Crippen molar-refractivity contribution in [3.8, 4) is 0 Å². The summed E-state index contributed by atoms with van der Waals surface area (Å²) in [5, 5.41) is 8.04. The Balaban J connectivity index is 2.14. The molecular weight excluding hydrogens is 292 g/mol. The third-order valence-corrected chi connectivity index (χ3v) is 3.45. The first-order valence-electron chi connectivity index (χ1n) is 7.31. The zero-order valence-corrected chi connectivity index (χ0v) is 12.9. The number of fused-ring (bicyclic) bond motifs is 1. The third-order valence-electron chi connectivity index (χ3n) is 3.45. The lowest BCUT2D eigenvalue weighted by Gasteiger charge is -2.13. The molecule has 0 atom stereocenters. The largest absolute Gasteiger partial charge is 0.319 e. The Bertz CT molecular complexity index is 917. The number of rotatable bonds is 3. The van der Waals surface area contributed by atoms with Crippen molar-refractivity contribution in [2.24, 2.45) is 0 Å². The molecule has 0 spiro atoms. The number of anilines is 1. The van der Waals surface area contributed by atoms with Crippen LogP contribution >= 0.6 is 0 Å². The van der Waals surface area contributed by atoms with E-state index in [0.717, 1.165) is 0 Å². The van der Waals surface area contributed by atoms with Crippen LogP contribution in [0.4, 0.5) is 5.69 Å². The summed E-state index contributed by atoms with van der Waals surface area (Å²) in [6, 6.07) is 10.3. The molecule has 0 aliphatic rings. The number of nitrogens with zero attached hydrogens (tertiary/aromatic N) is 3. The lowest BCUT2D eigenvalue weighted by molar-refractivity contribution is 0.102. The molecule has 2 aromatic heterocycles. The summed E-state index contributed by atoms with van der Waals surface area (Å²) in [6.07, 6.45) is 3.18. The van der Waals surface area contributed by atoms with E-state index in [-0.39, 0.29) is 23.2 Å². The van der Waals surface area contributed by atoms with Gasteiger partial charge in [-0.15, -0.1) is 0 Å². The van der Waals surface area contributed by atoms with E-state index in [2.05, 4.69) is 15.4 Å². The first-order valence-corrected chi connectivity index (χ1v) is 7.31. The summed E-state index contributed by atoms with van der Waals surface area (Å²) >= 11 is 0. The second kappa shape index (κ2) is 6.00. The smallest absolute Gasteiger partial charge is 0.276 e. The van der Waals surface area contributed by atoms with Gasteiger partial charge in [0.05, 0.1) is 23.3 Å². The summed E-state index contributed by atoms with van der Waals surface area (Å²) in [6.45, 7) is 3.71. The minimum Gasteiger partial charge on any atom is -0.319 e. The zero-order valence-electron chi connectivity index (χ0n) is 12.9. The molecule has 0 unspecified atom stereocenters. The van der Waals surface area contributed by atoms with Crippen LogP contribution in [0.2, 0.25) is 0 Å². The predicted octanol–water partition coefficient (Wildman–Crippen LogP) is 2.62. The van der Waals surface area contributed by atoms with Gasteiger partial charge in [0.2, 0.25) is 0 Å². The van der Waals surface area contributed by atoms with Gasteiger partial charge in [0.1, 0.15) is 0 Å². The van der Waals surface area contributed by atoms with Crippen LogP contribution in [0.1, 0.15) is 30.4 Å². The summed E-state index contributed by atoms with van der Waals surface area (Å²) in [5.74, 6) is -0.372. The topological polar surface area (TPSA) is 76.9 Å². The van der Waals surface area contributed by atoms with Crippen molar-refractivity contribution in [2.75, 3.05) is 5.32 Å². The van der Waals surface area contributed by atoms with Gasteiger partial charge < -0.3 is 5.32 Å². The molecule has 0 saturated heterocycles. The molecule has 2 heterocycles. The van der Waals surface area contributed by atoms with Crippen molar-refractivity contribution in [3.05, 3.63) is 64.8 Å². The van der Waals surface area contributed by atoms with Crippen LogP contribution in [-0.4, -0.2) is 20.7 Å². The van der Waals surface area contributed by atoms with E-state index >= 15 is 0 Å². The number of hydrogen-bond acceptors (Lipinski definition) is 4. The standard InChI is InChI=1S/C17H16N4O2/c1-11(2)21-17(23)14-8-4-3-7-13(14)15(20-21)16(22)19-12-6-5-9-18-10-12/h3-11H,1-2H3,(H,19,22). The predicted molar refractivity (Wildman–Crippen MR) is 88.6 cm³/mol. The van der Waals surface area contributed by atoms with Crippen LogP contribution in [0, 0.1) is 0 Å². The van der Waals surface area contributed by atoms with Crippen LogP contribution in [0.3, 0.4) is 0 Å². The van der Waals surface area contributed by atoms with Crippen molar-refractivity contribution in [2.45, 2.75) is 19.9 Å². The first kappa shape index (κ1) is 14.9. The molecule has 0 radical (unpaired) electrons. The quantitative estimate of drug-likeness (QED) is 0.807. The molecule has 0 bridgehead atoms. The van der Waals surface area contributed by atoms with Gasteiger partial charge in [0.15, 0.2) is 5.69 Å². The molecule has 0 saturated carbocycles.